The smallest absolute Gasteiger partial charge is 0.449 e. The van der Waals surface area contributed by atoms with E-state index < -0.39 is 36.9 Å². The van der Waals surface area contributed by atoms with Crippen LogP contribution in [0.15, 0.2) is 30.3 Å². The van der Waals surface area contributed by atoms with E-state index in [2.05, 4.69) is 38.3 Å². The Morgan fingerprint density at radius 3 is 1.95 bits per heavy atom. The van der Waals surface area contributed by atoms with Crippen LogP contribution in [0.1, 0.15) is 0 Å². The van der Waals surface area contributed by atoms with Gasteiger partial charge in [0.05, 0.1) is 0 Å². The van der Waals surface area contributed by atoms with Crippen LogP contribution in [0, 0.1) is 0 Å². The molecule has 0 saturated heterocycles. The lowest BCUT2D eigenvalue weighted by molar-refractivity contribution is 0.278. The Balaban J connectivity index is 3.09. The highest BCUT2D eigenvalue weighted by Gasteiger charge is 2.44. The second kappa shape index (κ2) is 8.44. The van der Waals surface area contributed by atoms with Gasteiger partial charge < -0.3 is 16.5 Å². The molecule has 0 aliphatic heterocycles. The van der Waals surface area contributed by atoms with Gasteiger partial charge in [0.2, 0.25) is 0 Å². The van der Waals surface area contributed by atoms with Gasteiger partial charge in [0.15, 0.2) is 18.1 Å². The van der Waals surface area contributed by atoms with Gasteiger partial charge in [0, 0.05) is 5.19 Å². The minimum Gasteiger partial charge on any atom is -0.449 e. The van der Waals surface area contributed by atoms with Crippen LogP contribution in [-0.2, 0) is 16.5 Å². The molecule has 0 atom stereocenters. The summed E-state index contributed by atoms with van der Waals surface area (Å²) in [4.78, 5) is 0. The van der Waals surface area contributed by atoms with Gasteiger partial charge in [-0.2, -0.15) is 0 Å². The standard InChI is InChI=1S/C10H24O4Si5/c1-17(2)13-19(12-16-11-15,14-18(3)4)10-8-6-5-7-9-10/h5-9,17-18H,16H2,1-4,15H3. The highest BCUT2D eigenvalue weighted by Crippen LogP contribution is 2.13. The molecule has 0 spiro atoms. The molecule has 1 aromatic rings. The van der Waals surface area contributed by atoms with Crippen LogP contribution in [0.4, 0.5) is 0 Å². The van der Waals surface area contributed by atoms with Crippen LogP contribution in [0.3, 0.4) is 0 Å². The third kappa shape index (κ3) is 5.57. The quantitative estimate of drug-likeness (QED) is 0.573. The Bertz CT molecular complexity index is 352. The lowest BCUT2D eigenvalue weighted by Gasteiger charge is -2.33. The Kier molecular flexibility index (Phi) is 7.63. The van der Waals surface area contributed by atoms with E-state index in [9.17, 15) is 0 Å². The molecule has 19 heavy (non-hydrogen) atoms. The Morgan fingerprint density at radius 2 is 1.53 bits per heavy atom. The highest BCUT2D eigenvalue weighted by atomic mass is 28.5. The fraction of sp³-hybridized carbons (Fsp3) is 0.400. The third-order valence-corrected chi connectivity index (χ3v) is 12.5. The van der Waals surface area contributed by atoms with E-state index >= 15 is 0 Å². The largest absolute Gasteiger partial charge is 0.506 e. The first kappa shape index (κ1) is 17.2. The fourth-order valence-corrected chi connectivity index (χ4v) is 13.7. The van der Waals surface area contributed by atoms with Gasteiger partial charge in [-0.3, -0.25) is 0 Å². The van der Waals surface area contributed by atoms with Crippen LogP contribution in [0.25, 0.3) is 0 Å². The van der Waals surface area contributed by atoms with Gasteiger partial charge in [0.25, 0.3) is 10.0 Å². The van der Waals surface area contributed by atoms with E-state index in [1.165, 1.54) is 0 Å². The Morgan fingerprint density at radius 1 is 1.00 bits per heavy atom. The van der Waals surface area contributed by atoms with E-state index in [-0.39, 0.29) is 0 Å². The molecule has 0 heterocycles. The van der Waals surface area contributed by atoms with Crippen LogP contribution in [0.5, 0.6) is 0 Å². The molecule has 0 fully saturated rings. The number of rotatable bonds is 8. The van der Waals surface area contributed by atoms with E-state index in [0.717, 1.165) is 5.19 Å². The van der Waals surface area contributed by atoms with Gasteiger partial charge >= 0.3 is 8.80 Å². The number of hydrogen-bond donors (Lipinski definition) is 0. The van der Waals surface area contributed by atoms with Crippen molar-refractivity contribution in [1.82, 2.24) is 0 Å². The summed E-state index contributed by atoms with van der Waals surface area (Å²) < 4.78 is 24.0. The monoisotopic (exact) mass is 348 g/mol. The predicted molar refractivity (Wildman–Crippen MR) is 92.4 cm³/mol. The van der Waals surface area contributed by atoms with E-state index in [4.69, 9.17) is 16.5 Å². The summed E-state index contributed by atoms with van der Waals surface area (Å²) in [5.74, 6) is 0. The molecular formula is C10H24O4Si5. The molecule has 0 amide bonds. The molecule has 0 aliphatic rings. The zero-order valence-electron chi connectivity index (χ0n) is 12.4. The summed E-state index contributed by atoms with van der Waals surface area (Å²) in [5.41, 5.74) is 0. The molecule has 0 radical (unpaired) electrons. The van der Waals surface area contributed by atoms with Crippen molar-refractivity contribution in [2.24, 2.45) is 0 Å². The van der Waals surface area contributed by atoms with Crippen LogP contribution >= 0.6 is 0 Å². The first-order valence-electron chi connectivity index (χ1n) is 6.54. The van der Waals surface area contributed by atoms with Crippen molar-refractivity contribution in [1.29, 1.82) is 0 Å². The maximum Gasteiger partial charge on any atom is 0.506 e. The summed E-state index contributed by atoms with van der Waals surface area (Å²) in [6.45, 7) is 8.62. The van der Waals surface area contributed by atoms with Gasteiger partial charge in [-0.05, 0) is 26.2 Å². The maximum absolute atomic E-state index is 6.28. The zero-order valence-corrected chi connectivity index (χ0v) is 19.1. The summed E-state index contributed by atoms with van der Waals surface area (Å²) in [7, 11) is -5.53. The zero-order chi connectivity index (χ0) is 14.3. The lowest BCUT2D eigenvalue weighted by Crippen LogP contribution is -2.61. The third-order valence-electron chi connectivity index (χ3n) is 2.28. The summed E-state index contributed by atoms with van der Waals surface area (Å²) in [6, 6.07) is 10.1. The number of benzene rings is 1. The normalized spacial score (nSPS) is 13.2. The van der Waals surface area contributed by atoms with Crippen molar-refractivity contribution in [2.75, 3.05) is 0 Å². The lowest BCUT2D eigenvalue weighted by atomic mass is 10.4. The minimum absolute atomic E-state index is 0.713. The van der Waals surface area contributed by atoms with Crippen LogP contribution in [-0.4, -0.2) is 47.4 Å². The van der Waals surface area contributed by atoms with Crippen molar-refractivity contribution in [3.63, 3.8) is 0 Å². The van der Waals surface area contributed by atoms with Crippen LogP contribution < -0.4 is 5.19 Å². The summed E-state index contributed by atoms with van der Waals surface area (Å²) in [5, 5.41) is 1.07. The SMILES string of the molecule is C[SiH](C)O[Si](O[SiH2]O[SiH3])(O[SiH](C)C)c1ccccc1. The maximum atomic E-state index is 6.28. The molecule has 9 heteroatoms. The van der Waals surface area contributed by atoms with E-state index in [1.54, 1.807) is 0 Å². The molecule has 0 aliphatic carbocycles. The first-order valence-corrected chi connectivity index (χ1v) is 15.8. The average Bonchev–Trinajstić information content (AvgIpc) is 2.35. The number of hydrogen-bond acceptors (Lipinski definition) is 4. The van der Waals surface area contributed by atoms with Gasteiger partial charge in [-0.15, -0.1) is 0 Å². The average molecular weight is 349 g/mol. The molecule has 0 aromatic heterocycles. The van der Waals surface area contributed by atoms with E-state index in [1.807, 2.05) is 18.2 Å². The summed E-state index contributed by atoms with van der Waals surface area (Å²) in [6.07, 6.45) is 0. The Hall–Kier alpha value is 0.144. The fourth-order valence-electron chi connectivity index (χ4n) is 1.71. The Labute approximate surface area is 125 Å². The van der Waals surface area contributed by atoms with Crippen molar-refractivity contribution in [3.8, 4) is 0 Å². The topological polar surface area (TPSA) is 36.9 Å². The van der Waals surface area contributed by atoms with Gasteiger partial charge in [0.1, 0.15) is 10.5 Å². The molecule has 0 unspecified atom stereocenters. The van der Waals surface area contributed by atoms with Gasteiger partial charge in [-0.25, -0.2) is 0 Å². The summed E-state index contributed by atoms with van der Waals surface area (Å²) >= 11 is 0. The predicted octanol–water partition coefficient (Wildman–Crippen LogP) is -0.855. The second-order valence-corrected chi connectivity index (χ2v) is 16.3. The molecule has 4 nitrogen and oxygen atoms in total. The molecule has 0 bridgehead atoms. The van der Waals surface area contributed by atoms with Crippen LogP contribution in [0.2, 0.25) is 26.2 Å². The minimum atomic E-state index is -2.74. The van der Waals surface area contributed by atoms with E-state index in [0.29, 0.717) is 10.5 Å². The molecule has 1 aromatic carbocycles. The molecule has 1 rings (SSSR count). The van der Waals surface area contributed by atoms with Gasteiger partial charge in [-0.1, -0.05) is 30.3 Å². The molecule has 0 saturated carbocycles. The first-order chi connectivity index (χ1) is 9.00. The van der Waals surface area contributed by atoms with Crippen molar-refractivity contribution >= 4 is 52.6 Å². The second-order valence-electron chi connectivity index (χ2n) is 4.81. The van der Waals surface area contributed by atoms with Crippen molar-refractivity contribution < 1.29 is 16.5 Å². The molecule has 0 N–H and O–H groups in total. The highest BCUT2D eigenvalue weighted by molar-refractivity contribution is 6.87. The van der Waals surface area contributed by atoms with Crippen molar-refractivity contribution in [3.05, 3.63) is 30.3 Å². The molecular weight excluding hydrogens is 325 g/mol. The molecule has 108 valence electrons. The van der Waals surface area contributed by atoms with Crippen molar-refractivity contribution in [2.45, 2.75) is 26.2 Å².